The van der Waals surface area contributed by atoms with Gasteiger partial charge in [0.2, 0.25) is 0 Å². The van der Waals surface area contributed by atoms with Crippen molar-refractivity contribution in [3.8, 4) is 0 Å². The number of nitrogens with zero attached hydrogens (tertiary/aromatic N) is 1. The van der Waals surface area contributed by atoms with Gasteiger partial charge in [-0.15, -0.1) is 11.3 Å². The molecule has 0 saturated heterocycles. The van der Waals surface area contributed by atoms with Crippen LogP contribution in [-0.2, 0) is 6.54 Å². The third-order valence-corrected chi connectivity index (χ3v) is 2.00. The maximum Gasteiger partial charge on any atom is 0.182 e. The first-order valence-electron chi connectivity index (χ1n) is 3.36. The summed E-state index contributed by atoms with van der Waals surface area (Å²) >= 11 is 1.50. The van der Waals surface area contributed by atoms with Crippen molar-refractivity contribution < 1.29 is 5.11 Å². The molecule has 1 heterocycles. The van der Waals surface area contributed by atoms with Crippen molar-refractivity contribution in [2.75, 3.05) is 18.5 Å². The molecule has 0 unspecified atom stereocenters. The average molecular weight is 173 g/mol. The minimum absolute atomic E-state index is 0.123. The van der Waals surface area contributed by atoms with Crippen LogP contribution in [0.1, 0.15) is 5.69 Å². The van der Waals surface area contributed by atoms with E-state index in [1.165, 1.54) is 11.3 Å². The van der Waals surface area contributed by atoms with Crippen molar-refractivity contribution in [2.24, 2.45) is 5.73 Å². The highest BCUT2D eigenvalue weighted by molar-refractivity contribution is 7.13. The zero-order valence-electron chi connectivity index (χ0n) is 6.08. The fourth-order valence-electron chi connectivity index (χ4n) is 0.645. The number of hydrogen-bond donors (Lipinski definition) is 3. The number of aliphatic hydroxyl groups excluding tert-OH is 1. The zero-order chi connectivity index (χ0) is 8.10. The van der Waals surface area contributed by atoms with E-state index in [-0.39, 0.29) is 6.61 Å². The number of nitrogens with one attached hydrogen (secondary N) is 1. The Kier molecular flexibility index (Phi) is 3.28. The first kappa shape index (κ1) is 8.45. The lowest BCUT2D eigenvalue weighted by Crippen LogP contribution is -2.05. The summed E-state index contributed by atoms with van der Waals surface area (Å²) in [6.07, 6.45) is 0. The van der Waals surface area contributed by atoms with E-state index in [4.69, 9.17) is 10.8 Å². The third-order valence-electron chi connectivity index (χ3n) is 1.15. The Bertz CT molecular complexity index is 213. The average Bonchev–Trinajstić information content (AvgIpc) is 2.48. The van der Waals surface area contributed by atoms with Crippen LogP contribution >= 0.6 is 11.3 Å². The van der Waals surface area contributed by atoms with Gasteiger partial charge in [0.15, 0.2) is 5.13 Å². The Morgan fingerprint density at radius 2 is 2.55 bits per heavy atom. The molecule has 0 aliphatic rings. The van der Waals surface area contributed by atoms with Crippen molar-refractivity contribution in [2.45, 2.75) is 6.54 Å². The number of nitrogens with two attached hydrogens (primary N) is 1. The van der Waals surface area contributed by atoms with Crippen molar-refractivity contribution >= 4 is 16.5 Å². The summed E-state index contributed by atoms with van der Waals surface area (Å²) < 4.78 is 0. The summed E-state index contributed by atoms with van der Waals surface area (Å²) in [4.78, 5) is 4.14. The minimum atomic E-state index is 0.123. The molecule has 4 nitrogen and oxygen atoms in total. The Morgan fingerprint density at radius 3 is 3.09 bits per heavy atom. The fraction of sp³-hybridized carbons (Fsp3) is 0.500. The van der Waals surface area contributed by atoms with E-state index in [1.54, 1.807) is 0 Å². The highest BCUT2D eigenvalue weighted by Crippen LogP contribution is 2.13. The summed E-state index contributed by atoms with van der Waals surface area (Å²) in [6, 6.07) is 0. The molecule has 0 aliphatic carbocycles. The first-order valence-corrected chi connectivity index (χ1v) is 4.24. The van der Waals surface area contributed by atoms with Crippen molar-refractivity contribution in [1.82, 2.24) is 4.98 Å². The normalized spacial score (nSPS) is 10.0. The molecule has 5 heteroatoms. The number of thiazole rings is 1. The lowest BCUT2D eigenvalue weighted by molar-refractivity contribution is 0.311. The number of rotatable bonds is 4. The largest absolute Gasteiger partial charge is 0.395 e. The van der Waals surface area contributed by atoms with Crippen LogP contribution in [0.4, 0.5) is 5.13 Å². The molecule has 62 valence electrons. The van der Waals surface area contributed by atoms with Gasteiger partial charge in [-0.2, -0.15) is 0 Å². The van der Waals surface area contributed by atoms with Crippen LogP contribution in [0.5, 0.6) is 0 Å². The van der Waals surface area contributed by atoms with Crippen LogP contribution in [-0.4, -0.2) is 23.2 Å². The molecule has 1 aromatic heterocycles. The molecule has 0 fully saturated rings. The molecular weight excluding hydrogens is 162 g/mol. The van der Waals surface area contributed by atoms with Gasteiger partial charge in [0.1, 0.15) is 0 Å². The quantitative estimate of drug-likeness (QED) is 0.599. The highest BCUT2D eigenvalue weighted by atomic mass is 32.1. The summed E-state index contributed by atoms with van der Waals surface area (Å²) in [5.74, 6) is 0. The van der Waals surface area contributed by atoms with Crippen LogP contribution in [0.25, 0.3) is 0 Å². The van der Waals surface area contributed by atoms with Gasteiger partial charge < -0.3 is 16.2 Å². The molecule has 1 rings (SSSR count). The van der Waals surface area contributed by atoms with Crippen molar-refractivity contribution in [1.29, 1.82) is 0 Å². The van der Waals surface area contributed by atoms with E-state index in [2.05, 4.69) is 10.3 Å². The standard InChI is InChI=1S/C6H11N3OS/c7-3-5-4-11-6(9-5)8-1-2-10/h4,10H,1-3,7H2,(H,8,9). The van der Waals surface area contributed by atoms with Gasteiger partial charge in [-0.1, -0.05) is 0 Å². The van der Waals surface area contributed by atoms with Gasteiger partial charge in [-0.3, -0.25) is 0 Å². The number of aromatic nitrogens is 1. The van der Waals surface area contributed by atoms with E-state index >= 15 is 0 Å². The Hall–Kier alpha value is -0.650. The molecule has 4 N–H and O–H groups in total. The molecular formula is C6H11N3OS. The molecule has 0 aliphatic heterocycles. The van der Waals surface area contributed by atoms with Gasteiger partial charge >= 0.3 is 0 Å². The maximum atomic E-state index is 8.48. The molecule has 0 atom stereocenters. The molecule has 11 heavy (non-hydrogen) atoms. The number of aliphatic hydroxyl groups is 1. The van der Waals surface area contributed by atoms with Gasteiger partial charge in [0.05, 0.1) is 12.3 Å². The SMILES string of the molecule is NCc1csc(NCCO)n1. The predicted molar refractivity (Wildman–Crippen MR) is 45.6 cm³/mol. The summed E-state index contributed by atoms with van der Waals surface area (Å²) in [6.45, 7) is 1.13. The third kappa shape index (κ3) is 2.45. The van der Waals surface area contributed by atoms with Gasteiger partial charge in [-0.25, -0.2) is 4.98 Å². The zero-order valence-corrected chi connectivity index (χ0v) is 6.90. The van der Waals surface area contributed by atoms with E-state index < -0.39 is 0 Å². The van der Waals surface area contributed by atoms with Crippen LogP contribution in [0.2, 0.25) is 0 Å². The topological polar surface area (TPSA) is 71.2 Å². The second kappa shape index (κ2) is 4.27. The Balaban J connectivity index is 2.44. The second-order valence-corrected chi connectivity index (χ2v) is 2.86. The second-order valence-electron chi connectivity index (χ2n) is 2.00. The molecule has 0 amide bonds. The molecule has 0 saturated carbocycles. The maximum absolute atomic E-state index is 8.48. The minimum Gasteiger partial charge on any atom is -0.395 e. The number of hydrogen-bond acceptors (Lipinski definition) is 5. The van der Waals surface area contributed by atoms with Crippen LogP contribution in [0.15, 0.2) is 5.38 Å². The van der Waals surface area contributed by atoms with E-state index in [0.29, 0.717) is 13.1 Å². The van der Waals surface area contributed by atoms with Crippen LogP contribution in [0, 0.1) is 0 Å². The van der Waals surface area contributed by atoms with E-state index in [9.17, 15) is 0 Å². The van der Waals surface area contributed by atoms with Gasteiger partial charge in [0.25, 0.3) is 0 Å². The monoisotopic (exact) mass is 173 g/mol. The summed E-state index contributed by atoms with van der Waals surface area (Å²) in [7, 11) is 0. The number of anilines is 1. The van der Waals surface area contributed by atoms with Crippen LogP contribution < -0.4 is 11.1 Å². The smallest absolute Gasteiger partial charge is 0.182 e. The first-order chi connectivity index (χ1) is 5.36. The van der Waals surface area contributed by atoms with Crippen LogP contribution in [0.3, 0.4) is 0 Å². The lowest BCUT2D eigenvalue weighted by atomic mass is 10.5. The summed E-state index contributed by atoms with van der Waals surface area (Å²) in [5, 5.41) is 14.2. The summed E-state index contributed by atoms with van der Waals surface area (Å²) in [5.41, 5.74) is 6.24. The Morgan fingerprint density at radius 1 is 1.73 bits per heavy atom. The van der Waals surface area contributed by atoms with E-state index in [0.717, 1.165) is 10.8 Å². The fourth-order valence-corrected chi connectivity index (χ4v) is 1.40. The van der Waals surface area contributed by atoms with Crippen molar-refractivity contribution in [3.63, 3.8) is 0 Å². The molecule has 0 radical (unpaired) electrons. The van der Waals surface area contributed by atoms with Gasteiger partial charge in [0, 0.05) is 18.5 Å². The highest BCUT2D eigenvalue weighted by Gasteiger charge is 1.97. The molecule has 0 aromatic carbocycles. The van der Waals surface area contributed by atoms with Gasteiger partial charge in [-0.05, 0) is 0 Å². The Labute approximate surface area is 69.1 Å². The van der Waals surface area contributed by atoms with E-state index in [1.807, 2.05) is 5.38 Å². The molecule has 0 bridgehead atoms. The molecule has 1 aromatic rings. The molecule has 0 spiro atoms. The predicted octanol–water partition coefficient (Wildman–Crippen LogP) is 0.00600. The van der Waals surface area contributed by atoms with Crippen molar-refractivity contribution in [3.05, 3.63) is 11.1 Å². The lowest BCUT2D eigenvalue weighted by Gasteiger charge is -1.96.